The lowest BCUT2D eigenvalue weighted by Gasteiger charge is -2.17. The summed E-state index contributed by atoms with van der Waals surface area (Å²) in [6, 6.07) is 2.60. The first kappa shape index (κ1) is 11.1. The SMILES string of the molecule is CCNc1cc(N2CC[C@@H](NC)C2)ncn1. The second-order valence-corrected chi connectivity index (χ2v) is 4.01. The molecule has 1 aromatic heterocycles. The summed E-state index contributed by atoms with van der Waals surface area (Å²) in [4.78, 5) is 10.8. The van der Waals surface area contributed by atoms with Crippen molar-refractivity contribution in [3.05, 3.63) is 12.4 Å². The molecule has 0 unspecified atom stereocenters. The van der Waals surface area contributed by atoms with E-state index in [0.717, 1.165) is 31.3 Å². The molecule has 0 saturated carbocycles. The number of anilines is 2. The van der Waals surface area contributed by atoms with Crippen LogP contribution in [0.25, 0.3) is 0 Å². The van der Waals surface area contributed by atoms with Crippen molar-refractivity contribution in [3.8, 4) is 0 Å². The smallest absolute Gasteiger partial charge is 0.134 e. The van der Waals surface area contributed by atoms with E-state index >= 15 is 0 Å². The van der Waals surface area contributed by atoms with E-state index in [1.165, 1.54) is 6.42 Å². The lowest BCUT2D eigenvalue weighted by molar-refractivity contribution is 0.616. The van der Waals surface area contributed by atoms with Crippen molar-refractivity contribution in [3.63, 3.8) is 0 Å². The lowest BCUT2D eigenvalue weighted by Crippen LogP contribution is -2.29. The van der Waals surface area contributed by atoms with Crippen LogP contribution < -0.4 is 15.5 Å². The number of hydrogen-bond donors (Lipinski definition) is 2. The van der Waals surface area contributed by atoms with E-state index < -0.39 is 0 Å². The van der Waals surface area contributed by atoms with E-state index in [1.807, 2.05) is 13.1 Å². The van der Waals surface area contributed by atoms with Crippen LogP contribution in [0.1, 0.15) is 13.3 Å². The molecule has 2 heterocycles. The maximum atomic E-state index is 4.32. The quantitative estimate of drug-likeness (QED) is 0.784. The second-order valence-electron chi connectivity index (χ2n) is 4.01. The van der Waals surface area contributed by atoms with Crippen molar-refractivity contribution in [2.45, 2.75) is 19.4 Å². The number of nitrogens with one attached hydrogen (secondary N) is 2. The highest BCUT2D eigenvalue weighted by molar-refractivity contribution is 5.49. The molecule has 16 heavy (non-hydrogen) atoms. The average Bonchev–Trinajstić information content (AvgIpc) is 2.78. The molecule has 0 aromatic carbocycles. The highest BCUT2D eigenvalue weighted by Crippen LogP contribution is 2.19. The van der Waals surface area contributed by atoms with Crippen LogP contribution in [0.4, 0.5) is 11.6 Å². The Morgan fingerprint density at radius 3 is 3.06 bits per heavy atom. The molecule has 2 rings (SSSR count). The normalized spacial score (nSPS) is 20.1. The van der Waals surface area contributed by atoms with E-state index in [9.17, 15) is 0 Å². The van der Waals surface area contributed by atoms with Crippen LogP contribution in [0, 0.1) is 0 Å². The molecule has 1 aromatic rings. The standard InChI is InChI=1S/C11H19N5/c1-3-13-10-6-11(15-8-14-10)16-5-4-9(7-16)12-2/h6,8-9,12H,3-5,7H2,1-2H3,(H,13,14,15)/t9-/m1/s1. The average molecular weight is 221 g/mol. The zero-order valence-electron chi connectivity index (χ0n) is 9.90. The van der Waals surface area contributed by atoms with Crippen molar-refractivity contribution in [2.24, 2.45) is 0 Å². The minimum Gasteiger partial charge on any atom is -0.370 e. The van der Waals surface area contributed by atoms with Gasteiger partial charge in [-0.3, -0.25) is 0 Å². The van der Waals surface area contributed by atoms with Gasteiger partial charge in [-0.15, -0.1) is 0 Å². The fourth-order valence-corrected chi connectivity index (χ4v) is 2.00. The Bertz CT molecular complexity index is 341. The van der Waals surface area contributed by atoms with Gasteiger partial charge in [0.15, 0.2) is 0 Å². The molecule has 0 bridgehead atoms. The predicted molar refractivity (Wildman–Crippen MR) is 65.9 cm³/mol. The summed E-state index contributed by atoms with van der Waals surface area (Å²) < 4.78 is 0. The minimum atomic E-state index is 0.581. The van der Waals surface area contributed by atoms with Crippen LogP contribution >= 0.6 is 0 Å². The highest BCUT2D eigenvalue weighted by Gasteiger charge is 2.22. The summed E-state index contributed by atoms with van der Waals surface area (Å²) >= 11 is 0. The monoisotopic (exact) mass is 221 g/mol. The Labute approximate surface area is 96.3 Å². The van der Waals surface area contributed by atoms with Gasteiger partial charge < -0.3 is 15.5 Å². The van der Waals surface area contributed by atoms with Crippen molar-refractivity contribution in [1.82, 2.24) is 15.3 Å². The topological polar surface area (TPSA) is 53.1 Å². The summed E-state index contributed by atoms with van der Waals surface area (Å²) in [5.74, 6) is 1.92. The lowest BCUT2D eigenvalue weighted by atomic mass is 10.3. The maximum absolute atomic E-state index is 4.32. The first-order chi connectivity index (χ1) is 7.83. The maximum Gasteiger partial charge on any atom is 0.134 e. The summed E-state index contributed by atoms with van der Waals surface area (Å²) in [6.07, 6.45) is 2.80. The third-order valence-electron chi connectivity index (χ3n) is 2.93. The van der Waals surface area contributed by atoms with E-state index in [0.29, 0.717) is 6.04 Å². The van der Waals surface area contributed by atoms with Gasteiger partial charge in [0.2, 0.25) is 0 Å². The van der Waals surface area contributed by atoms with E-state index in [4.69, 9.17) is 0 Å². The Morgan fingerprint density at radius 1 is 1.50 bits per heavy atom. The van der Waals surface area contributed by atoms with Crippen LogP contribution in [-0.4, -0.2) is 42.7 Å². The number of rotatable bonds is 4. The molecule has 1 aliphatic heterocycles. The highest BCUT2D eigenvalue weighted by atomic mass is 15.2. The van der Waals surface area contributed by atoms with E-state index in [-0.39, 0.29) is 0 Å². The molecule has 1 aliphatic rings. The van der Waals surface area contributed by atoms with Gasteiger partial charge in [0.25, 0.3) is 0 Å². The van der Waals surface area contributed by atoms with Gasteiger partial charge in [0.1, 0.15) is 18.0 Å². The largest absolute Gasteiger partial charge is 0.370 e. The zero-order chi connectivity index (χ0) is 11.4. The van der Waals surface area contributed by atoms with E-state index in [2.05, 4.69) is 32.4 Å². The third-order valence-corrected chi connectivity index (χ3v) is 2.93. The predicted octanol–water partition coefficient (Wildman–Crippen LogP) is 0.706. The molecule has 0 spiro atoms. The first-order valence-corrected chi connectivity index (χ1v) is 5.81. The van der Waals surface area contributed by atoms with Gasteiger partial charge in [-0.25, -0.2) is 9.97 Å². The molecule has 0 amide bonds. The number of nitrogens with zero attached hydrogens (tertiary/aromatic N) is 3. The third kappa shape index (κ3) is 2.41. The fraction of sp³-hybridized carbons (Fsp3) is 0.636. The summed E-state index contributed by atoms with van der Waals surface area (Å²) in [5, 5.41) is 6.51. The molecular weight excluding hydrogens is 202 g/mol. The van der Waals surface area contributed by atoms with E-state index in [1.54, 1.807) is 6.33 Å². The molecule has 0 aliphatic carbocycles. The molecule has 88 valence electrons. The Hall–Kier alpha value is -1.36. The first-order valence-electron chi connectivity index (χ1n) is 5.81. The van der Waals surface area contributed by atoms with Crippen LogP contribution in [0.2, 0.25) is 0 Å². The Kier molecular flexibility index (Phi) is 3.56. The molecule has 0 radical (unpaired) electrons. The molecule has 5 nitrogen and oxygen atoms in total. The van der Waals surface area contributed by atoms with Crippen LogP contribution in [0.3, 0.4) is 0 Å². The van der Waals surface area contributed by atoms with Crippen LogP contribution in [0.15, 0.2) is 12.4 Å². The van der Waals surface area contributed by atoms with Crippen LogP contribution in [0.5, 0.6) is 0 Å². The van der Waals surface area contributed by atoms with Gasteiger partial charge in [-0.05, 0) is 20.4 Å². The number of likely N-dealkylation sites (N-methyl/N-ethyl adjacent to an activating group) is 1. The van der Waals surface area contributed by atoms with Crippen LogP contribution in [-0.2, 0) is 0 Å². The van der Waals surface area contributed by atoms with Crippen molar-refractivity contribution in [2.75, 3.05) is 36.9 Å². The molecule has 1 saturated heterocycles. The van der Waals surface area contributed by atoms with Gasteiger partial charge in [0, 0.05) is 31.7 Å². The molecular formula is C11H19N5. The minimum absolute atomic E-state index is 0.581. The molecule has 1 atom stereocenters. The van der Waals surface area contributed by atoms with Gasteiger partial charge in [0.05, 0.1) is 0 Å². The Balaban J connectivity index is 2.06. The van der Waals surface area contributed by atoms with Gasteiger partial charge >= 0.3 is 0 Å². The number of hydrogen-bond acceptors (Lipinski definition) is 5. The summed E-state index contributed by atoms with van der Waals surface area (Å²) in [6.45, 7) is 5.04. The van der Waals surface area contributed by atoms with Gasteiger partial charge in [-0.2, -0.15) is 0 Å². The second kappa shape index (κ2) is 5.12. The molecule has 1 fully saturated rings. The molecule has 2 N–H and O–H groups in total. The Morgan fingerprint density at radius 2 is 2.38 bits per heavy atom. The fourth-order valence-electron chi connectivity index (χ4n) is 2.00. The van der Waals surface area contributed by atoms with Gasteiger partial charge in [-0.1, -0.05) is 0 Å². The number of aromatic nitrogens is 2. The van der Waals surface area contributed by atoms with Crippen molar-refractivity contribution < 1.29 is 0 Å². The zero-order valence-corrected chi connectivity index (χ0v) is 9.90. The van der Waals surface area contributed by atoms with Crippen molar-refractivity contribution in [1.29, 1.82) is 0 Å². The van der Waals surface area contributed by atoms with Crippen molar-refractivity contribution >= 4 is 11.6 Å². The summed E-state index contributed by atoms with van der Waals surface area (Å²) in [5.41, 5.74) is 0. The molecule has 5 heteroatoms. The summed E-state index contributed by atoms with van der Waals surface area (Å²) in [7, 11) is 2.01.